The molecule has 0 fully saturated rings. The van der Waals surface area contributed by atoms with Gasteiger partial charge in [-0.05, 0) is 42.8 Å². The molecule has 0 aliphatic carbocycles. The van der Waals surface area contributed by atoms with Crippen LogP contribution in [0.15, 0.2) is 47.4 Å². The van der Waals surface area contributed by atoms with Gasteiger partial charge in [0, 0.05) is 6.54 Å². The molecule has 8 heteroatoms. The van der Waals surface area contributed by atoms with Crippen molar-refractivity contribution in [3.05, 3.63) is 53.9 Å². The number of imidazole rings is 1. The van der Waals surface area contributed by atoms with Gasteiger partial charge in [-0.1, -0.05) is 12.1 Å². The van der Waals surface area contributed by atoms with Gasteiger partial charge in [0.15, 0.2) is 0 Å². The van der Waals surface area contributed by atoms with Gasteiger partial charge < -0.3 is 14.0 Å². The first kappa shape index (κ1) is 18.0. The molecule has 0 amide bonds. The molecule has 27 heavy (non-hydrogen) atoms. The lowest BCUT2D eigenvalue weighted by Gasteiger charge is -2.26. The molecule has 4 rings (SSSR count). The number of ether oxygens (including phenoxy) is 2. The zero-order valence-corrected chi connectivity index (χ0v) is 16.0. The fourth-order valence-corrected chi connectivity index (χ4v) is 4.44. The summed E-state index contributed by atoms with van der Waals surface area (Å²) >= 11 is 0. The van der Waals surface area contributed by atoms with Crippen LogP contribution in [0.1, 0.15) is 17.4 Å². The van der Waals surface area contributed by atoms with Gasteiger partial charge in [0.1, 0.15) is 18.2 Å². The van der Waals surface area contributed by atoms with Crippen molar-refractivity contribution in [2.45, 2.75) is 24.5 Å². The van der Waals surface area contributed by atoms with Crippen molar-refractivity contribution in [2.24, 2.45) is 0 Å². The second-order valence-corrected chi connectivity index (χ2v) is 8.30. The minimum atomic E-state index is -3.63. The van der Waals surface area contributed by atoms with Crippen LogP contribution >= 0.6 is 0 Å². The number of benzene rings is 2. The monoisotopic (exact) mass is 387 g/mol. The maximum absolute atomic E-state index is 12.6. The van der Waals surface area contributed by atoms with Crippen LogP contribution in [0, 0.1) is 6.92 Å². The van der Waals surface area contributed by atoms with Gasteiger partial charge in [-0.15, -0.1) is 0 Å². The molecule has 0 saturated heterocycles. The van der Waals surface area contributed by atoms with E-state index in [9.17, 15) is 8.42 Å². The summed E-state index contributed by atoms with van der Waals surface area (Å²) < 4.78 is 40.8. The lowest BCUT2D eigenvalue weighted by Crippen LogP contribution is -2.35. The number of aryl methyl sites for hydroxylation is 1. The van der Waals surface area contributed by atoms with Crippen LogP contribution in [0.2, 0.25) is 0 Å². The van der Waals surface area contributed by atoms with E-state index in [1.54, 1.807) is 19.2 Å². The number of hydrogen-bond donors (Lipinski definition) is 1. The predicted molar refractivity (Wildman–Crippen MR) is 101 cm³/mol. The van der Waals surface area contributed by atoms with Gasteiger partial charge in [0.05, 0.1) is 35.7 Å². The largest absolute Gasteiger partial charge is 0.497 e. The standard InChI is InChI=1S/C19H21N3O4S/c1-13-4-3-5-17-19(13)21-18-12-26-11-14(22(17)18)10-20-27(23,24)16-8-6-15(25-2)7-9-16/h3-9,14,20H,10-12H2,1-2H3. The highest BCUT2D eigenvalue weighted by Gasteiger charge is 2.26. The molecule has 3 aromatic rings. The van der Waals surface area contributed by atoms with E-state index in [0.29, 0.717) is 19.0 Å². The van der Waals surface area contributed by atoms with E-state index < -0.39 is 10.0 Å². The smallest absolute Gasteiger partial charge is 0.240 e. The Hall–Kier alpha value is -2.42. The SMILES string of the molecule is COc1ccc(S(=O)(=O)NCC2COCc3nc4c(C)cccc4n32)cc1. The summed E-state index contributed by atoms with van der Waals surface area (Å²) in [7, 11) is -2.09. The highest BCUT2D eigenvalue weighted by atomic mass is 32.2. The zero-order valence-electron chi connectivity index (χ0n) is 15.2. The third-order valence-electron chi connectivity index (χ3n) is 4.78. The van der Waals surface area contributed by atoms with E-state index in [-0.39, 0.29) is 17.5 Å². The normalized spacial score (nSPS) is 17.0. The fourth-order valence-electron chi connectivity index (χ4n) is 3.37. The quantitative estimate of drug-likeness (QED) is 0.727. The van der Waals surface area contributed by atoms with Gasteiger partial charge in [0.2, 0.25) is 10.0 Å². The van der Waals surface area contributed by atoms with Gasteiger partial charge >= 0.3 is 0 Å². The van der Waals surface area contributed by atoms with Gasteiger partial charge in [-0.25, -0.2) is 18.1 Å². The Balaban J connectivity index is 1.59. The summed E-state index contributed by atoms with van der Waals surface area (Å²) in [4.78, 5) is 4.87. The molecule has 7 nitrogen and oxygen atoms in total. The Bertz CT molecular complexity index is 1070. The van der Waals surface area contributed by atoms with E-state index in [1.807, 2.05) is 25.1 Å². The predicted octanol–water partition coefficient (Wildman–Crippen LogP) is 2.40. The first-order chi connectivity index (χ1) is 13.0. The molecule has 0 radical (unpaired) electrons. The van der Waals surface area contributed by atoms with Crippen LogP contribution in [0.25, 0.3) is 11.0 Å². The number of para-hydroxylation sites is 1. The first-order valence-electron chi connectivity index (χ1n) is 8.67. The zero-order chi connectivity index (χ0) is 19.0. The van der Waals surface area contributed by atoms with Crippen LogP contribution in [0.3, 0.4) is 0 Å². The van der Waals surface area contributed by atoms with Crippen molar-refractivity contribution in [1.29, 1.82) is 0 Å². The molecule has 0 spiro atoms. The number of hydrogen-bond acceptors (Lipinski definition) is 5. The first-order valence-corrected chi connectivity index (χ1v) is 10.2. The molecule has 0 bridgehead atoms. The minimum Gasteiger partial charge on any atom is -0.497 e. The van der Waals surface area contributed by atoms with Crippen molar-refractivity contribution in [2.75, 3.05) is 20.3 Å². The van der Waals surface area contributed by atoms with E-state index in [1.165, 1.54) is 12.1 Å². The molecule has 1 aliphatic rings. The molecular formula is C19H21N3O4S. The van der Waals surface area contributed by atoms with Crippen molar-refractivity contribution in [1.82, 2.24) is 14.3 Å². The number of nitrogens with one attached hydrogen (secondary N) is 1. The average molecular weight is 387 g/mol. The average Bonchev–Trinajstić information content (AvgIpc) is 3.07. The minimum absolute atomic E-state index is 0.159. The van der Waals surface area contributed by atoms with Gasteiger partial charge in [-0.3, -0.25) is 0 Å². The van der Waals surface area contributed by atoms with Crippen LogP contribution < -0.4 is 9.46 Å². The third-order valence-corrected chi connectivity index (χ3v) is 6.22. The molecule has 1 atom stereocenters. The van der Waals surface area contributed by atoms with Crippen molar-refractivity contribution < 1.29 is 17.9 Å². The molecule has 2 heterocycles. The summed E-state index contributed by atoms with van der Waals surface area (Å²) in [6, 6.07) is 12.2. The Kier molecular flexibility index (Phi) is 4.63. The second kappa shape index (κ2) is 6.95. The number of rotatable bonds is 5. The lowest BCUT2D eigenvalue weighted by molar-refractivity contribution is 0.0581. The molecular weight excluding hydrogens is 366 g/mol. The summed E-state index contributed by atoms with van der Waals surface area (Å²) in [5.41, 5.74) is 3.02. The van der Waals surface area contributed by atoms with E-state index >= 15 is 0 Å². The highest BCUT2D eigenvalue weighted by molar-refractivity contribution is 7.89. The topological polar surface area (TPSA) is 82.5 Å². The van der Waals surface area contributed by atoms with Crippen LogP contribution in [-0.2, 0) is 21.4 Å². The summed E-state index contributed by atoms with van der Waals surface area (Å²) in [5, 5.41) is 0. The van der Waals surface area contributed by atoms with E-state index in [2.05, 4.69) is 14.3 Å². The van der Waals surface area contributed by atoms with Crippen molar-refractivity contribution in [3.63, 3.8) is 0 Å². The number of aromatic nitrogens is 2. The Morgan fingerprint density at radius 3 is 2.78 bits per heavy atom. The molecule has 1 aromatic heterocycles. The Morgan fingerprint density at radius 1 is 1.26 bits per heavy atom. The second-order valence-electron chi connectivity index (χ2n) is 6.54. The third kappa shape index (κ3) is 3.31. The number of fused-ring (bicyclic) bond motifs is 3. The van der Waals surface area contributed by atoms with Gasteiger partial charge in [0.25, 0.3) is 0 Å². The maximum atomic E-state index is 12.6. The molecule has 1 unspecified atom stereocenters. The Morgan fingerprint density at radius 2 is 2.04 bits per heavy atom. The molecule has 1 aliphatic heterocycles. The maximum Gasteiger partial charge on any atom is 0.240 e. The van der Waals surface area contributed by atoms with Gasteiger partial charge in [-0.2, -0.15) is 0 Å². The Labute approximate surface area is 158 Å². The van der Waals surface area contributed by atoms with Crippen molar-refractivity contribution >= 4 is 21.1 Å². The summed E-state index contributed by atoms with van der Waals surface area (Å²) in [5.74, 6) is 1.43. The van der Waals surface area contributed by atoms with Crippen LogP contribution in [0.5, 0.6) is 5.75 Å². The highest BCUT2D eigenvalue weighted by Crippen LogP contribution is 2.27. The van der Waals surface area contributed by atoms with Crippen molar-refractivity contribution in [3.8, 4) is 5.75 Å². The molecule has 2 aromatic carbocycles. The summed E-state index contributed by atoms with van der Waals surface area (Å²) in [6.45, 7) is 3.09. The van der Waals surface area contributed by atoms with Crippen LogP contribution in [0.4, 0.5) is 0 Å². The fraction of sp³-hybridized carbons (Fsp3) is 0.316. The van der Waals surface area contributed by atoms with E-state index in [4.69, 9.17) is 9.47 Å². The van der Waals surface area contributed by atoms with E-state index in [0.717, 1.165) is 22.4 Å². The number of methoxy groups -OCH3 is 1. The molecule has 0 saturated carbocycles. The molecule has 1 N–H and O–H groups in total. The molecule has 142 valence electrons. The number of nitrogens with zero attached hydrogens (tertiary/aromatic N) is 2. The van der Waals surface area contributed by atoms with Crippen LogP contribution in [-0.4, -0.2) is 38.2 Å². The number of sulfonamides is 1. The lowest BCUT2D eigenvalue weighted by atomic mass is 10.2. The summed E-state index contributed by atoms with van der Waals surface area (Å²) in [6.07, 6.45) is 0.